The molecule has 13 heavy (non-hydrogen) atoms. The molecule has 0 aromatic heterocycles. The second kappa shape index (κ2) is 4.33. The van der Waals surface area contributed by atoms with Gasteiger partial charge >= 0.3 is 0 Å². The van der Waals surface area contributed by atoms with Crippen LogP contribution in [-0.4, -0.2) is 20.2 Å². The molecule has 0 spiro atoms. The van der Waals surface area contributed by atoms with Crippen molar-refractivity contribution in [2.45, 2.75) is 0 Å². The summed E-state index contributed by atoms with van der Waals surface area (Å²) >= 11 is 0. The van der Waals surface area contributed by atoms with Gasteiger partial charge in [0.15, 0.2) is 5.78 Å². The normalized spacial score (nSPS) is 8.92. The number of azide groups is 1. The van der Waals surface area contributed by atoms with Gasteiger partial charge in [0.05, 0.1) is 6.54 Å². The number of ketones is 1. The summed E-state index contributed by atoms with van der Waals surface area (Å²) in [5, 5.41) is 3.22. The van der Waals surface area contributed by atoms with Crippen LogP contribution in [0.1, 0.15) is 10.4 Å². The van der Waals surface area contributed by atoms with E-state index in [1.165, 1.54) is 0 Å². The summed E-state index contributed by atoms with van der Waals surface area (Å²) in [6.07, 6.45) is 0. The zero-order chi connectivity index (χ0) is 9.68. The molecule has 0 saturated carbocycles. The number of carbonyl (C=O) groups is 1. The van der Waals surface area contributed by atoms with E-state index in [1.807, 2.05) is 20.0 Å². The molecule has 4 nitrogen and oxygen atoms in total. The first-order valence-electron chi connectivity index (χ1n) is 3.85. The van der Waals surface area contributed by atoms with Gasteiger partial charge in [-0.05, 0) is 5.53 Å². The second-order valence-electron chi connectivity index (χ2n) is 2.63. The Labute approximate surface area is 76.6 Å². The van der Waals surface area contributed by atoms with Crippen LogP contribution >= 0.6 is 0 Å². The molecule has 1 aromatic carbocycles. The van der Waals surface area contributed by atoms with Crippen molar-refractivity contribution in [2.24, 2.45) is 5.11 Å². The standard InChI is InChI=1S/C8H8BN3O/c9-7-4-2-1-3-6(7)8(13)5-11-12-10/h1-4H,5,9H2. The Morgan fingerprint density at radius 2 is 2.23 bits per heavy atom. The van der Waals surface area contributed by atoms with Crippen molar-refractivity contribution in [3.05, 3.63) is 40.3 Å². The number of hydrogen-bond acceptors (Lipinski definition) is 2. The van der Waals surface area contributed by atoms with E-state index in [-0.39, 0.29) is 12.3 Å². The second-order valence-corrected chi connectivity index (χ2v) is 2.63. The molecule has 1 rings (SSSR count). The maximum Gasteiger partial charge on any atom is 0.168 e. The van der Waals surface area contributed by atoms with Crippen LogP contribution in [0.25, 0.3) is 10.4 Å². The van der Waals surface area contributed by atoms with E-state index >= 15 is 0 Å². The highest BCUT2D eigenvalue weighted by Gasteiger charge is 2.05. The van der Waals surface area contributed by atoms with Gasteiger partial charge in [-0.3, -0.25) is 4.79 Å². The predicted octanol–water partition coefficient (Wildman–Crippen LogP) is 0.438. The molecule has 0 aliphatic carbocycles. The number of benzene rings is 1. The summed E-state index contributed by atoms with van der Waals surface area (Å²) in [5.41, 5.74) is 9.56. The van der Waals surface area contributed by atoms with Crippen LogP contribution < -0.4 is 5.46 Å². The smallest absolute Gasteiger partial charge is 0.168 e. The maximum atomic E-state index is 11.4. The molecule has 0 N–H and O–H groups in total. The van der Waals surface area contributed by atoms with Crippen LogP contribution in [0, 0.1) is 0 Å². The van der Waals surface area contributed by atoms with Crippen LogP contribution in [0.4, 0.5) is 0 Å². The van der Waals surface area contributed by atoms with E-state index in [0.29, 0.717) is 5.56 Å². The molecule has 0 bridgehead atoms. The van der Waals surface area contributed by atoms with Gasteiger partial charge in [-0.25, -0.2) is 0 Å². The number of hydrogen-bond donors (Lipinski definition) is 0. The summed E-state index contributed by atoms with van der Waals surface area (Å²) in [4.78, 5) is 13.9. The van der Waals surface area contributed by atoms with E-state index < -0.39 is 0 Å². The molecular weight excluding hydrogens is 165 g/mol. The molecule has 0 radical (unpaired) electrons. The highest BCUT2D eigenvalue weighted by Crippen LogP contribution is 1.96. The first kappa shape index (κ1) is 9.35. The topological polar surface area (TPSA) is 65.8 Å². The van der Waals surface area contributed by atoms with Crippen molar-refractivity contribution in [3.8, 4) is 0 Å². The largest absolute Gasteiger partial charge is 0.294 e. The van der Waals surface area contributed by atoms with Gasteiger partial charge in [0.25, 0.3) is 0 Å². The lowest BCUT2D eigenvalue weighted by Gasteiger charge is -2.00. The molecule has 64 valence electrons. The predicted molar refractivity (Wildman–Crippen MR) is 53.0 cm³/mol. The first-order chi connectivity index (χ1) is 6.25. The number of nitrogens with zero attached hydrogens (tertiary/aromatic N) is 3. The van der Waals surface area contributed by atoms with Crippen molar-refractivity contribution < 1.29 is 4.79 Å². The molecule has 0 amide bonds. The SMILES string of the molecule is Bc1ccccc1C(=O)CN=[N+]=[N-]. The molecule has 5 heteroatoms. The third-order valence-electron chi connectivity index (χ3n) is 1.72. The van der Waals surface area contributed by atoms with Crippen molar-refractivity contribution in [1.29, 1.82) is 0 Å². The fourth-order valence-corrected chi connectivity index (χ4v) is 1.07. The summed E-state index contributed by atoms with van der Waals surface area (Å²) < 4.78 is 0. The number of Topliss-reactive ketones (excluding diaryl/α,β-unsaturated/α-hetero) is 1. The van der Waals surface area contributed by atoms with E-state index in [2.05, 4.69) is 10.0 Å². The molecule has 0 unspecified atom stereocenters. The van der Waals surface area contributed by atoms with Gasteiger partial charge < -0.3 is 0 Å². The van der Waals surface area contributed by atoms with Crippen LogP contribution in [0.2, 0.25) is 0 Å². The lowest BCUT2D eigenvalue weighted by atomic mass is 9.89. The molecule has 0 heterocycles. The highest BCUT2D eigenvalue weighted by atomic mass is 16.1. The van der Waals surface area contributed by atoms with Gasteiger partial charge in [0.1, 0.15) is 7.85 Å². The highest BCUT2D eigenvalue weighted by molar-refractivity contribution is 6.36. The zero-order valence-corrected chi connectivity index (χ0v) is 7.27. The van der Waals surface area contributed by atoms with Gasteiger partial charge in [0.2, 0.25) is 0 Å². The molecule has 0 aliphatic rings. The minimum Gasteiger partial charge on any atom is -0.294 e. The average molecular weight is 173 g/mol. The van der Waals surface area contributed by atoms with Crippen LogP contribution in [0.5, 0.6) is 0 Å². The van der Waals surface area contributed by atoms with E-state index in [4.69, 9.17) is 5.53 Å². The fourth-order valence-electron chi connectivity index (χ4n) is 1.07. The Morgan fingerprint density at radius 1 is 1.54 bits per heavy atom. The molecular formula is C8H8BN3O. The van der Waals surface area contributed by atoms with Gasteiger partial charge in [-0.1, -0.05) is 34.8 Å². The molecule has 0 atom stereocenters. The summed E-state index contributed by atoms with van der Waals surface area (Å²) in [7, 11) is 1.85. The third-order valence-corrected chi connectivity index (χ3v) is 1.72. The van der Waals surface area contributed by atoms with Gasteiger partial charge in [-0.15, -0.1) is 0 Å². The van der Waals surface area contributed by atoms with Crippen molar-refractivity contribution in [2.75, 3.05) is 6.54 Å². The minimum atomic E-state index is -0.143. The average Bonchev–Trinajstić information content (AvgIpc) is 2.15. The lowest BCUT2D eigenvalue weighted by molar-refractivity contribution is 0.100. The minimum absolute atomic E-state index is 0.110. The van der Waals surface area contributed by atoms with Gasteiger partial charge in [-0.2, -0.15) is 0 Å². The van der Waals surface area contributed by atoms with E-state index in [9.17, 15) is 4.79 Å². The van der Waals surface area contributed by atoms with Crippen LogP contribution in [0.15, 0.2) is 29.4 Å². The van der Waals surface area contributed by atoms with Crippen molar-refractivity contribution in [3.63, 3.8) is 0 Å². The number of rotatable bonds is 3. The fraction of sp³-hybridized carbons (Fsp3) is 0.125. The Balaban J connectivity index is 2.88. The monoisotopic (exact) mass is 173 g/mol. The molecule has 0 aliphatic heterocycles. The summed E-state index contributed by atoms with van der Waals surface area (Å²) in [6.45, 7) is -0.110. The molecule has 1 aromatic rings. The van der Waals surface area contributed by atoms with Crippen molar-refractivity contribution >= 4 is 19.1 Å². The lowest BCUT2D eigenvalue weighted by Crippen LogP contribution is -2.16. The van der Waals surface area contributed by atoms with Crippen molar-refractivity contribution in [1.82, 2.24) is 0 Å². The van der Waals surface area contributed by atoms with Crippen LogP contribution in [0.3, 0.4) is 0 Å². The third kappa shape index (κ3) is 2.35. The summed E-state index contributed by atoms with van der Waals surface area (Å²) in [5.74, 6) is -0.143. The molecule has 0 fully saturated rings. The number of carbonyl (C=O) groups excluding carboxylic acids is 1. The Hall–Kier alpha value is -1.74. The maximum absolute atomic E-state index is 11.4. The van der Waals surface area contributed by atoms with E-state index in [0.717, 1.165) is 5.46 Å². The summed E-state index contributed by atoms with van der Waals surface area (Å²) in [6, 6.07) is 7.23. The first-order valence-corrected chi connectivity index (χ1v) is 3.85. The van der Waals surface area contributed by atoms with Crippen LogP contribution in [-0.2, 0) is 0 Å². The van der Waals surface area contributed by atoms with Gasteiger partial charge in [0, 0.05) is 10.5 Å². The Morgan fingerprint density at radius 3 is 2.85 bits per heavy atom. The Kier molecular flexibility index (Phi) is 3.12. The Bertz CT molecular complexity index is 371. The quantitative estimate of drug-likeness (QED) is 0.215. The zero-order valence-electron chi connectivity index (χ0n) is 7.27. The molecule has 0 saturated heterocycles. The van der Waals surface area contributed by atoms with E-state index in [1.54, 1.807) is 12.1 Å².